The number of furan rings is 1. The first-order chi connectivity index (χ1) is 12.1. The Morgan fingerprint density at radius 2 is 2.16 bits per heavy atom. The van der Waals surface area contributed by atoms with Gasteiger partial charge in [-0.3, -0.25) is 9.36 Å². The zero-order valence-corrected chi connectivity index (χ0v) is 13.2. The third-order valence-electron chi connectivity index (χ3n) is 3.93. The van der Waals surface area contributed by atoms with Gasteiger partial charge >= 0.3 is 5.69 Å². The number of aromatic nitrogens is 3. The molecule has 1 aliphatic carbocycles. The molecule has 4 rings (SSSR count). The number of halogens is 1. The van der Waals surface area contributed by atoms with Crippen LogP contribution >= 0.6 is 0 Å². The van der Waals surface area contributed by atoms with Crippen molar-refractivity contribution < 1.29 is 13.6 Å². The summed E-state index contributed by atoms with van der Waals surface area (Å²) in [5.74, 6) is -0.0171. The zero-order valence-electron chi connectivity index (χ0n) is 13.2. The van der Waals surface area contributed by atoms with Crippen LogP contribution in [-0.4, -0.2) is 20.3 Å². The molecule has 2 heterocycles. The first-order valence-corrected chi connectivity index (χ1v) is 7.90. The number of benzene rings is 1. The van der Waals surface area contributed by atoms with Crippen LogP contribution in [0.5, 0.6) is 0 Å². The van der Waals surface area contributed by atoms with Crippen molar-refractivity contribution in [3.8, 4) is 11.6 Å². The van der Waals surface area contributed by atoms with Gasteiger partial charge in [0, 0.05) is 11.7 Å². The Balaban J connectivity index is 1.59. The van der Waals surface area contributed by atoms with E-state index >= 15 is 0 Å². The molecule has 25 heavy (non-hydrogen) atoms. The van der Waals surface area contributed by atoms with E-state index in [1.807, 2.05) is 0 Å². The molecular weight excluding hydrogens is 327 g/mol. The monoisotopic (exact) mass is 342 g/mol. The number of anilines is 1. The summed E-state index contributed by atoms with van der Waals surface area (Å²) in [4.78, 5) is 24.8. The molecule has 7 nitrogen and oxygen atoms in total. The lowest BCUT2D eigenvalue weighted by Crippen LogP contribution is -2.30. The van der Waals surface area contributed by atoms with Gasteiger partial charge in [0.15, 0.2) is 5.76 Å². The van der Waals surface area contributed by atoms with Gasteiger partial charge in [0.2, 0.25) is 11.7 Å². The van der Waals surface area contributed by atoms with E-state index in [1.165, 1.54) is 24.5 Å². The van der Waals surface area contributed by atoms with Crippen LogP contribution in [0.3, 0.4) is 0 Å². The molecule has 1 saturated carbocycles. The number of hydrogen-bond acceptors (Lipinski definition) is 4. The van der Waals surface area contributed by atoms with Crippen molar-refractivity contribution in [3.63, 3.8) is 0 Å². The molecule has 1 aliphatic rings. The summed E-state index contributed by atoms with van der Waals surface area (Å²) in [7, 11) is 0. The second kappa shape index (κ2) is 6.04. The Morgan fingerprint density at radius 1 is 1.32 bits per heavy atom. The largest absolute Gasteiger partial charge is 0.461 e. The molecule has 1 N–H and O–H groups in total. The van der Waals surface area contributed by atoms with Crippen LogP contribution in [0.2, 0.25) is 0 Å². The number of nitrogens with zero attached hydrogens (tertiary/aromatic N) is 3. The summed E-state index contributed by atoms with van der Waals surface area (Å²) in [6, 6.07) is 9.08. The van der Waals surface area contributed by atoms with E-state index in [1.54, 1.807) is 22.8 Å². The molecule has 3 aromatic rings. The molecule has 0 atom stereocenters. The number of hydrogen-bond donors (Lipinski definition) is 1. The number of rotatable bonds is 5. The molecule has 128 valence electrons. The fraction of sp³-hybridized carbons (Fsp3) is 0.235. The fourth-order valence-electron chi connectivity index (χ4n) is 2.66. The van der Waals surface area contributed by atoms with Gasteiger partial charge in [-0.05, 0) is 43.2 Å². The van der Waals surface area contributed by atoms with Crippen LogP contribution < -0.4 is 11.0 Å². The third-order valence-corrected chi connectivity index (χ3v) is 3.93. The molecule has 2 aromatic heterocycles. The molecule has 1 amide bonds. The lowest BCUT2D eigenvalue weighted by molar-refractivity contribution is -0.117. The first kappa shape index (κ1) is 15.4. The predicted molar refractivity (Wildman–Crippen MR) is 87.5 cm³/mol. The Kier molecular flexibility index (Phi) is 3.72. The van der Waals surface area contributed by atoms with E-state index < -0.39 is 11.7 Å². The highest BCUT2D eigenvalue weighted by Crippen LogP contribution is 2.36. The van der Waals surface area contributed by atoms with Crippen molar-refractivity contribution in [2.45, 2.75) is 25.4 Å². The normalized spacial score (nSPS) is 13.8. The molecule has 0 radical (unpaired) electrons. The molecule has 0 aliphatic heterocycles. The molecule has 0 spiro atoms. The topological polar surface area (TPSA) is 82.1 Å². The van der Waals surface area contributed by atoms with Crippen LogP contribution in [0.4, 0.5) is 10.1 Å². The second-order valence-electron chi connectivity index (χ2n) is 5.90. The SMILES string of the molecule is O=C(Cn1nc(-c2ccco2)n(C2CC2)c1=O)Nc1cccc(F)c1. The molecule has 1 fully saturated rings. The summed E-state index contributed by atoms with van der Waals surface area (Å²) in [6.07, 6.45) is 3.30. The van der Waals surface area contributed by atoms with Crippen molar-refractivity contribution in [2.24, 2.45) is 0 Å². The minimum absolute atomic E-state index is 0.0904. The van der Waals surface area contributed by atoms with E-state index in [-0.39, 0.29) is 18.3 Å². The molecule has 8 heteroatoms. The standard InChI is InChI=1S/C17H15FN4O3/c18-11-3-1-4-12(9-11)19-15(23)10-21-17(24)22(13-6-7-13)16(20-21)14-5-2-8-25-14/h1-5,8-9,13H,6-7,10H2,(H,19,23). The Hall–Kier alpha value is -3.16. The lowest BCUT2D eigenvalue weighted by atomic mass is 10.3. The second-order valence-corrected chi connectivity index (χ2v) is 5.90. The van der Waals surface area contributed by atoms with Crippen LogP contribution in [0, 0.1) is 5.82 Å². The number of carbonyl (C=O) groups excluding carboxylic acids is 1. The van der Waals surface area contributed by atoms with E-state index in [0.29, 0.717) is 17.3 Å². The van der Waals surface area contributed by atoms with Gasteiger partial charge in [-0.2, -0.15) is 0 Å². The van der Waals surface area contributed by atoms with Gasteiger partial charge in [0.1, 0.15) is 12.4 Å². The first-order valence-electron chi connectivity index (χ1n) is 7.90. The summed E-state index contributed by atoms with van der Waals surface area (Å²) in [5.41, 5.74) is -0.0331. The van der Waals surface area contributed by atoms with Crippen LogP contribution in [0.1, 0.15) is 18.9 Å². The van der Waals surface area contributed by atoms with E-state index in [2.05, 4.69) is 10.4 Å². The highest BCUT2D eigenvalue weighted by Gasteiger charge is 2.31. The number of carbonyl (C=O) groups is 1. The quantitative estimate of drug-likeness (QED) is 0.772. The van der Waals surface area contributed by atoms with E-state index in [9.17, 15) is 14.0 Å². The summed E-state index contributed by atoms with van der Waals surface area (Å²) >= 11 is 0. The molecule has 1 aromatic carbocycles. The average Bonchev–Trinajstić information content (AvgIpc) is 3.15. The van der Waals surface area contributed by atoms with Crippen molar-refractivity contribution in [1.82, 2.24) is 14.3 Å². The van der Waals surface area contributed by atoms with Gasteiger partial charge in [-0.25, -0.2) is 13.9 Å². The van der Waals surface area contributed by atoms with E-state index in [0.717, 1.165) is 17.5 Å². The zero-order chi connectivity index (χ0) is 17.4. The highest BCUT2D eigenvalue weighted by atomic mass is 19.1. The maximum atomic E-state index is 13.2. The Morgan fingerprint density at radius 3 is 2.84 bits per heavy atom. The number of nitrogens with one attached hydrogen (secondary N) is 1. The summed E-state index contributed by atoms with van der Waals surface area (Å²) in [6.45, 7) is -0.261. The minimum Gasteiger partial charge on any atom is -0.461 e. The maximum Gasteiger partial charge on any atom is 0.347 e. The van der Waals surface area contributed by atoms with Gasteiger partial charge in [0.25, 0.3) is 0 Å². The van der Waals surface area contributed by atoms with Crippen LogP contribution in [0.25, 0.3) is 11.6 Å². The Labute approximate surface area is 141 Å². The predicted octanol–water partition coefficient (Wildman–Crippen LogP) is 2.42. The van der Waals surface area contributed by atoms with Crippen LogP contribution in [-0.2, 0) is 11.3 Å². The molecule has 0 unspecified atom stereocenters. The molecule has 0 bridgehead atoms. The van der Waals surface area contributed by atoms with Gasteiger partial charge < -0.3 is 9.73 Å². The fourth-order valence-corrected chi connectivity index (χ4v) is 2.66. The average molecular weight is 342 g/mol. The minimum atomic E-state index is -0.459. The summed E-state index contributed by atoms with van der Waals surface area (Å²) < 4.78 is 21.2. The van der Waals surface area contributed by atoms with Crippen molar-refractivity contribution in [3.05, 3.63) is 59.0 Å². The van der Waals surface area contributed by atoms with Crippen LogP contribution in [0.15, 0.2) is 51.9 Å². The smallest absolute Gasteiger partial charge is 0.347 e. The molecular formula is C17H15FN4O3. The maximum absolute atomic E-state index is 13.2. The van der Waals surface area contributed by atoms with Gasteiger partial charge in [-0.1, -0.05) is 6.07 Å². The lowest BCUT2D eigenvalue weighted by Gasteiger charge is -2.04. The molecule has 0 saturated heterocycles. The third kappa shape index (κ3) is 3.10. The highest BCUT2D eigenvalue weighted by molar-refractivity contribution is 5.90. The van der Waals surface area contributed by atoms with E-state index in [4.69, 9.17) is 4.42 Å². The van der Waals surface area contributed by atoms with Crippen molar-refractivity contribution in [1.29, 1.82) is 0 Å². The van der Waals surface area contributed by atoms with Gasteiger partial charge in [0.05, 0.1) is 6.26 Å². The number of amides is 1. The van der Waals surface area contributed by atoms with Gasteiger partial charge in [-0.15, -0.1) is 5.10 Å². The van der Waals surface area contributed by atoms with Crippen molar-refractivity contribution >= 4 is 11.6 Å². The Bertz CT molecular complexity index is 970. The van der Waals surface area contributed by atoms with Crippen molar-refractivity contribution in [2.75, 3.05) is 5.32 Å². The summed E-state index contributed by atoms with van der Waals surface area (Å²) in [5, 5.41) is 6.81.